The van der Waals surface area contributed by atoms with Crippen molar-refractivity contribution in [1.82, 2.24) is 4.90 Å². The minimum absolute atomic E-state index is 0.107. The largest absolute Gasteiger partial charge is 0.329 e. The van der Waals surface area contributed by atoms with Crippen LogP contribution in [0.3, 0.4) is 0 Å². The molecule has 2 rings (SSSR count). The molecule has 0 radical (unpaired) electrons. The van der Waals surface area contributed by atoms with E-state index in [0.717, 1.165) is 25.6 Å². The van der Waals surface area contributed by atoms with Crippen molar-refractivity contribution in [3.05, 3.63) is 35.4 Å². The highest BCUT2D eigenvalue weighted by molar-refractivity contribution is 5.22. The molecule has 1 fully saturated rings. The van der Waals surface area contributed by atoms with Gasteiger partial charge in [-0.25, -0.2) is 8.78 Å². The average molecular weight is 268 g/mol. The molecule has 1 saturated heterocycles. The monoisotopic (exact) mass is 268 g/mol. The Labute approximate surface area is 113 Å². The van der Waals surface area contributed by atoms with Crippen LogP contribution >= 0.6 is 0 Å². The number of nitrogens with zero attached hydrogens (tertiary/aromatic N) is 1. The Morgan fingerprint density at radius 2 is 1.89 bits per heavy atom. The van der Waals surface area contributed by atoms with Crippen LogP contribution in [0.25, 0.3) is 0 Å². The van der Waals surface area contributed by atoms with E-state index in [1.807, 2.05) is 0 Å². The predicted molar refractivity (Wildman–Crippen MR) is 72.7 cm³/mol. The minimum atomic E-state index is -0.537. The lowest BCUT2D eigenvalue weighted by Gasteiger charge is -2.42. The van der Waals surface area contributed by atoms with Crippen molar-refractivity contribution in [2.75, 3.05) is 19.6 Å². The van der Waals surface area contributed by atoms with Crippen molar-refractivity contribution in [1.29, 1.82) is 0 Å². The molecule has 0 amide bonds. The number of benzene rings is 1. The first-order valence-corrected chi connectivity index (χ1v) is 6.81. The molecule has 1 aliphatic heterocycles. The average Bonchev–Trinajstić information content (AvgIpc) is 2.27. The lowest BCUT2D eigenvalue weighted by molar-refractivity contribution is 0.0804. The summed E-state index contributed by atoms with van der Waals surface area (Å²) in [5.41, 5.74) is 6.71. The van der Waals surface area contributed by atoms with E-state index in [4.69, 9.17) is 5.73 Å². The van der Waals surface area contributed by atoms with E-state index in [9.17, 15) is 8.78 Å². The molecule has 19 heavy (non-hydrogen) atoms. The minimum Gasteiger partial charge on any atom is -0.329 e. The van der Waals surface area contributed by atoms with Gasteiger partial charge in [0.1, 0.15) is 11.6 Å². The van der Waals surface area contributed by atoms with Crippen molar-refractivity contribution in [2.45, 2.75) is 32.7 Å². The number of nitrogens with two attached hydrogens (primary N) is 1. The van der Waals surface area contributed by atoms with Gasteiger partial charge >= 0.3 is 0 Å². The maximum Gasteiger partial charge on any atom is 0.126 e. The molecule has 2 N–H and O–H groups in total. The molecule has 0 aromatic heterocycles. The molecule has 2 nitrogen and oxygen atoms in total. The number of halogens is 2. The van der Waals surface area contributed by atoms with Crippen LogP contribution in [-0.2, 0) is 0 Å². The van der Waals surface area contributed by atoms with Crippen molar-refractivity contribution < 1.29 is 8.78 Å². The van der Waals surface area contributed by atoms with Gasteiger partial charge in [-0.15, -0.1) is 0 Å². The van der Waals surface area contributed by atoms with Gasteiger partial charge in [-0.05, 0) is 42.5 Å². The van der Waals surface area contributed by atoms with Gasteiger partial charge in [-0.2, -0.15) is 0 Å². The van der Waals surface area contributed by atoms with E-state index < -0.39 is 11.6 Å². The van der Waals surface area contributed by atoms with Gasteiger partial charge in [0.2, 0.25) is 0 Å². The van der Waals surface area contributed by atoms with Crippen LogP contribution in [0.15, 0.2) is 18.2 Å². The highest BCUT2D eigenvalue weighted by atomic mass is 19.1. The van der Waals surface area contributed by atoms with Gasteiger partial charge in [0.25, 0.3) is 0 Å². The number of hydrogen-bond donors (Lipinski definition) is 1. The molecule has 0 aliphatic carbocycles. The van der Waals surface area contributed by atoms with Crippen LogP contribution in [0.2, 0.25) is 0 Å². The predicted octanol–water partition coefficient (Wildman–Crippen LogP) is 3.09. The second-order valence-electron chi connectivity index (χ2n) is 6.19. The summed E-state index contributed by atoms with van der Waals surface area (Å²) in [7, 11) is 0. The van der Waals surface area contributed by atoms with Gasteiger partial charge in [0, 0.05) is 25.2 Å². The zero-order chi connectivity index (χ0) is 14.0. The van der Waals surface area contributed by atoms with E-state index in [0.29, 0.717) is 12.1 Å². The Morgan fingerprint density at radius 3 is 2.42 bits per heavy atom. The number of rotatable bonds is 3. The number of piperidine rings is 1. The third kappa shape index (κ3) is 3.51. The SMILES string of the molecule is CC1(C)CCCN(C(CN)c2cc(F)cc(F)c2)C1. The van der Waals surface area contributed by atoms with Crippen LogP contribution in [0, 0.1) is 17.0 Å². The summed E-state index contributed by atoms with van der Waals surface area (Å²) in [4.78, 5) is 2.25. The zero-order valence-electron chi connectivity index (χ0n) is 11.6. The quantitative estimate of drug-likeness (QED) is 0.912. The van der Waals surface area contributed by atoms with Crippen LogP contribution in [0.5, 0.6) is 0 Å². The fraction of sp³-hybridized carbons (Fsp3) is 0.600. The summed E-state index contributed by atoms with van der Waals surface area (Å²) < 4.78 is 26.7. The first-order chi connectivity index (χ1) is 8.91. The fourth-order valence-electron chi connectivity index (χ4n) is 3.00. The van der Waals surface area contributed by atoms with Crippen molar-refractivity contribution in [2.24, 2.45) is 11.1 Å². The smallest absolute Gasteiger partial charge is 0.126 e. The normalized spacial score (nSPS) is 21.3. The standard InChI is InChI=1S/C15H22F2N2/c1-15(2)4-3-5-19(10-15)14(9-18)11-6-12(16)8-13(17)7-11/h6-8,14H,3-5,9-10,18H2,1-2H3. The number of hydrogen-bond acceptors (Lipinski definition) is 2. The molecule has 0 saturated carbocycles. The summed E-state index contributed by atoms with van der Waals surface area (Å²) in [5.74, 6) is -1.07. The molecule has 1 atom stereocenters. The van der Waals surface area contributed by atoms with Gasteiger partial charge in [0.05, 0.1) is 0 Å². The maximum atomic E-state index is 13.3. The molecule has 1 aliphatic rings. The van der Waals surface area contributed by atoms with Crippen LogP contribution in [0.4, 0.5) is 8.78 Å². The molecular formula is C15H22F2N2. The van der Waals surface area contributed by atoms with Crippen molar-refractivity contribution in [3.63, 3.8) is 0 Å². The Balaban J connectivity index is 2.23. The molecule has 106 valence electrons. The first-order valence-electron chi connectivity index (χ1n) is 6.81. The highest BCUT2D eigenvalue weighted by Crippen LogP contribution is 2.33. The molecule has 1 unspecified atom stereocenters. The summed E-state index contributed by atoms with van der Waals surface area (Å²) in [6.07, 6.45) is 2.28. The van der Waals surface area contributed by atoms with Gasteiger partial charge in [-0.3, -0.25) is 4.90 Å². The van der Waals surface area contributed by atoms with Crippen LogP contribution < -0.4 is 5.73 Å². The topological polar surface area (TPSA) is 29.3 Å². The van der Waals surface area contributed by atoms with Gasteiger partial charge < -0.3 is 5.73 Å². The summed E-state index contributed by atoms with van der Waals surface area (Å²) >= 11 is 0. The van der Waals surface area contributed by atoms with Crippen molar-refractivity contribution in [3.8, 4) is 0 Å². The van der Waals surface area contributed by atoms with Crippen LogP contribution in [0.1, 0.15) is 38.3 Å². The van der Waals surface area contributed by atoms with E-state index in [1.165, 1.54) is 18.6 Å². The molecule has 1 aromatic rings. The molecule has 0 bridgehead atoms. The molecule has 1 heterocycles. The molecule has 1 aromatic carbocycles. The third-order valence-electron chi connectivity index (χ3n) is 3.86. The Morgan fingerprint density at radius 1 is 1.26 bits per heavy atom. The summed E-state index contributed by atoms with van der Waals surface area (Å²) in [5, 5.41) is 0. The lowest BCUT2D eigenvalue weighted by atomic mass is 9.83. The highest BCUT2D eigenvalue weighted by Gasteiger charge is 2.30. The first kappa shape index (κ1) is 14.4. The Bertz CT molecular complexity index is 426. The maximum absolute atomic E-state index is 13.3. The summed E-state index contributed by atoms with van der Waals surface area (Å²) in [6.45, 7) is 6.66. The second kappa shape index (κ2) is 5.55. The fourth-order valence-corrected chi connectivity index (χ4v) is 3.00. The van der Waals surface area contributed by atoms with Gasteiger partial charge in [-0.1, -0.05) is 13.8 Å². The summed E-state index contributed by atoms with van der Waals surface area (Å²) in [6, 6.07) is 3.58. The Kier molecular flexibility index (Phi) is 4.21. The van der Waals surface area contributed by atoms with Crippen molar-refractivity contribution >= 4 is 0 Å². The van der Waals surface area contributed by atoms with E-state index in [1.54, 1.807) is 0 Å². The molecule has 0 spiro atoms. The third-order valence-corrected chi connectivity index (χ3v) is 3.86. The van der Waals surface area contributed by atoms with Gasteiger partial charge in [0.15, 0.2) is 0 Å². The van der Waals surface area contributed by atoms with E-state index in [2.05, 4.69) is 18.7 Å². The molecule has 4 heteroatoms. The van der Waals surface area contributed by atoms with E-state index >= 15 is 0 Å². The molecular weight excluding hydrogens is 246 g/mol. The Hall–Kier alpha value is -1.00. The van der Waals surface area contributed by atoms with E-state index in [-0.39, 0.29) is 11.5 Å². The van der Waals surface area contributed by atoms with Crippen LogP contribution in [-0.4, -0.2) is 24.5 Å². The second-order valence-corrected chi connectivity index (χ2v) is 6.19. The number of likely N-dealkylation sites (tertiary alicyclic amines) is 1. The zero-order valence-corrected chi connectivity index (χ0v) is 11.6. The lowest BCUT2D eigenvalue weighted by Crippen LogP contribution is -2.44.